The van der Waals surface area contributed by atoms with Gasteiger partial charge in [-0.05, 0) is 6.07 Å². The number of rotatable bonds is 3. The van der Waals surface area contributed by atoms with Crippen molar-refractivity contribution in [2.75, 3.05) is 45.1 Å². The summed E-state index contributed by atoms with van der Waals surface area (Å²) in [5.74, 6) is -0.231. The van der Waals surface area contributed by atoms with Gasteiger partial charge in [-0.3, -0.25) is 14.4 Å². The van der Waals surface area contributed by atoms with E-state index in [1.165, 1.54) is 12.3 Å². The van der Waals surface area contributed by atoms with Crippen molar-refractivity contribution in [3.05, 3.63) is 48.0 Å². The molecule has 0 radical (unpaired) electrons. The predicted octanol–water partition coefficient (Wildman–Crippen LogP) is 1.06. The average molecular weight is 386 g/mol. The summed E-state index contributed by atoms with van der Waals surface area (Å²) in [5.41, 5.74) is 1.07. The Hall–Kier alpha value is -2.94. The van der Waals surface area contributed by atoms with Crippen LogP contribution in [0.3, 0.4) is 0 Å². The average Bonchev–Trinajstić information content (AvgIpc) is 3.13. The Labute approximate surface area is 162 Å². The number of nitrogens with zero attached hydrogens (tertiary/aromatic N) is 5. The maximum atomic E-state index is 13.8. The molecule has 1 aromatic carbocycles. The Morgan fingerprint density at radius 2 is 2.04 bits per heavy atom. The molecule has 9 heteroatoms. The molecule has 2 saturated heterocycles. The molecule has 0 spiro atoms. The number of benzene rings is 1. The van der Waals surface area contributed by atoms with Crippen molar-refractivity contribution < 1.29 is 14.0 Å². The van der Waals surface area contributed by atoms with E-state index >= 15 is 0 Å². The Bertz CT molecular complexity index is 885. The zero-order chi connectivity index (χ0) is 19.7. The summed E-state index contributed by atoms with van der Waals surface area (Å²) in [6, 6.07) is 5.99. The van der Waals surface area contributed by atoms with E-state index in [9.17, 15) is 14.0 Å². The van der Waals surface area contributed by atoms with Crippen molar-refractivity contribution >= 4 is 17.6 Å². The van der Waals surface area contributed by atoms with E-state index in [4.69, 9.17) is 0 Å². The van der Waals surface area contributed by atoms with E-state index in [0.29, 0.717) is 30.9 Å². The van der Waals surface area contributed by atoms with E-state index in [1.807, 2.05) is 0 Å². The lowest BCUT2D eigenvalue weighted by atomic mass is 10.1. The number of likely N-dealkylation sites (N-methyl/N-ethyl adjacent to an activating group) is 1. The van der Waals surface area contributed by atoms with E-state index < -0.39 is 0 Å². The molecule has 28 heavy (non-hydrogen) atoms. The molecule has 2 aliphatic rings. The van der Waals surface area contributed by atoms with Crippen LogP contribution in [0.15, 0.2) is 36.7 Å². The summed E-state index contributed by atoms with van der Waals surface area (Å²) in [7, 11) is 1.79. The summed E-state index contributed by atoms with van der Waals surface area (Å²) in [6.45, 7) is 3.48. The highest BCUT2D eigenvalue weighted by molar-refractivity contribution is 5.90. The quantitative estimate of drug-likeness (QED) is 0.856. The Kier molecular flexibility index (Phi) is 4.99. The van der Waals surface area contributed by atoms with E-state index in [-0.39, 0.29) is 30.3 Å². The fourth-order valence-corrected chi connectivity index (χ4v) is 3.67. The minimum Gasteiger partial charge on any atom is -0.343 e. The number of carbonyl (C=O) groups excluding carboxylic acids is 2. The van der Waals surface area contributed by atoms with Gasteiger partial charge in [-0.15, -0.1) is 0 Å². The van der Waals surface area contributed by atoms with Crippen molar-refractivity contribution in [1.82, 2.24) is 24.5 Å². The van der Waals surface area contributed by atoms with Gasteiger partial charge in [0.05, 0.1) is 18.4 Å². The summed E-state index contributed by atoms with van der Waals surface area (Å²) in [4.78, 5) is 30.5. The van der Waals surface area contributed by atoms with Gasteiger partial charge in [0.25, 0.3) is 0 Å². The number of nitrogens with one attached hydrogen (secondary N) is 1. The van der Waals surface area contributed by atoms with Gasteiger partial charge in [0.2, 0.25) is 5.91 Å². The number of amides is 3. The standard InChI is InChI=1S/C19H23FN6O2/c1-23-6-7-24-8-9-25(13-17(24)18(23)27)19(28)22-15-10-21-26(12-15)11-14-4-2-3-5-16(14)20/h2-5,10,12,17H,6-9,11,13H2,1H3,(H,22,28). The van der Waals surface area contributed by atoms with Gasteiger partial charge in [-0.2, -0.15) is 5.10 Å². The van der Waals surface area contributed by atoms with Gasteiger partial charge in [0.1, 0.15) is 11.9 Å². The lowest BCUT2D eigenvalue weighted by Gasteiger charge is -2.45. The van der Waals surface area contributed by atoms with Crippen LogP contribution in [0.1, 0.15) is 5.56 Å². The number of hydrogen-bond acceptors (Lipinski definition) is 4. The van der Waals surface area contributed by atoms with Crippen LogP contribution in [0.2, 0.25) is 0 Å². The van der Waals surface area contributed by atoms with Crippen LogP contribution in [0, 0.1) is 5.82 Å². The lowest BCUT2D eigenvalue weighted by molar-refractivity contribution is -0.142. The normalized spacial score (nSPS) is 20.2. The number of piperazine rings is 2. The smallest absolute Gasteiger partial charge is 0.322 e. The second-order valence-electron chi connectivity index (χ2n) is 7.21. The second-order valence-corrected chi connectivity index (χ2v) is 7.21. The highest BCUT2D eigenvalue weighted by Crippen LogP contribution is 2.17. The number of carbonyl (C=O) groups is 2. The molecule has 3 amide bonds. The van der Waals surface area contributed by atoms with Gasteiger partial charge >= 0.3 is 6.03 Å². The molecule has 1 atom stereocenters. The maximum Gasteiger partial charge on any atom is 0.322 e. The minimum atomic E-state index is -0.288. The minimum absolute atomic E-state index is 0.0569. The third kappa shape index (κ3) is 3.70. The van der Waals surface area contributed by atoms with Crippen LogP contribution in [0.25, 0.3) is 0 Å². The zero-order valence-corrected chi connectivity index (χ0v) is 15.7. The van der Waals surface area contributed by atoms with Gasteiger partial charge in [-0.25, -0.2) is 9.18 Å². The number of fused-ring (bicyclic) bond motifs is 1. The van der Waals surface area contributed by atoms with Crippen LogP contribution >= 0.6 is 0 Å². The number of halogens is 1. The van der Waals surface area contributed by atoms with Crippen molar-refractivity contribution in [2.45, 2.75) is 12.6 Å². The molecular formula is C19H23FN6O2. The molecule has 0 aliphatic carbocycles. The van der Waals surface area contributed by atoms with E-state index in [0.717, 1.165) is 13.1 Å². The van der Waals surface area contributed by atoms with Crippen LogP contribution < -0.4 is 5.32 Å². The third-order valence-corrected chi connectivity index (χ3v) is 5.34. The first-order valence-electron chi connectivity index (χ1n) is 9.32. The molecule has 0 bridgehead atoms. The van der Waals surface area contributed by atoms with Crippen molar-refractivity contribution in [3.63, 3.8) is 0 Å². The molecule has 3 heterocycles. The van der Waals surface area contributed by atoms with Crippen molar-refractivity contribution in [2.24, 2.45) is 0 Å². The fourth-order valence-electron chi connectivity index (χ4n) is 3.67. The molecule has 1 aromatic heterocycles. The molecule has 2 aliphatic heterocycles. The molecular weight excluding hydrogens is 363 g/mol. The van der Waals surface area contributed by atoms with E-state index in [2.05, 4.69) is 15.3 Å². The predicted molar refractivity (Wildman–Crippen MR) is 101 cm³/mol. The first-order chi connectivity index (χ1) is 13.5. The van der Waals surface area contributed by atoms with Gasteiger partial charge < -0.3 is 15.1 Å². The Morgan fingerprint density at radius 3 is 2.86 bits per heavy atom. The molecule has 0 saturated carbocycles. The molecule has 8 nitrogen and oxygen atoms in total. The van der Waals surface area contributed by atoms with Crippen LogP contribution in [0.4, 0.5) is 14.9 Å². The largest absolute Gasteiger partial charge is 0.343 e. The zero-order valence-electron chi connectivity index (χ0n) is 15.7. The van der Waals surface area contributed by atoms with E-state index in [1.54, 1.807) is 45.9 Å². The highest BCUT2D eigenvalue weighted by atomic mass is 19.1. The number of anilines is 1. The molecule has 1 N–H and O–H groups in total. The fraction of sp³-hybridized carbons (Fsp3) is 0.421. The monoisotopic (exact) mass is 386 g/mol. The first kappa shape index (κ1) is 18.4. The molecule has 4 rings (SSSR count). The topological polar surface area (TPSA) is 73.7 Å². The third-order valence-electron chi connectivity index (χ3n) is 5.34. The first-order valence-corrected chi connectivity index (χ1v) is 9.32. The van der Waals surface area contributed by atoms with Crippen molar-refractivity contribution in [3.8, 4) is 0 Å². The van der Waals surface area contributed by atoms with Crippen LogP contribution in [-0.4, -0.2) is 82.2 Å². The van der Waals surface area contributed by atoms with Crippen LogP contribution in [-0.2, 0) is 11.3 Å². The number of urea groups is 1. The Morgan fingerprint density at radius 1 is 1.25 bits per heavy atom. The van der Waals surface area contributed by atoms with Gasteiger partial charge in [0.15, 0.2) is 0 Å². The highest BCUT2D eigenvalue weighted by Gasteiger charge is 2.38. The summed E-state index contributed by atoms with van der Waals surface area (Å²) in [5, 5.41) is 7.01. The summed E-state index contributed by atoms with van der Waals surface area (Å²) < 4.78 is 15.4. The van der Waals surface area contributed by atoms with Gasteiger partial charge in [-0.1, -0.05) is 18.2 Å². The molecule has 2 fully saturated rings. The molecule has 2 aromatic rings. The molecule has 1 unspecified atom stereocenters. The number of aromatic nitrogens is 2. The lowest BCUT2D eigenvalue weighted by Crippen LogP contribution is -2.65. The van der Waals surface area contributed by atoms with Gasteiger partial charge in [0, 0.05) is 51.5 Å². The second kappa shape index (κ2) is 7.59. The summed E-state index contributed by atoms with van der Waals surface area (Å²) in [6.07, 6.45) is 3.20. The van der Waals surface area contributed by atoms with Crippen LogP contribution in [0.5, 0.6) is 0 Å². The Balaban J connectivity index is 1.37. The van der Waals surface area contributed by atoms with Crippen molar-refractivity contribution in [1.29, 1.82) is 0 Å². The summed E-state index contributed by atoms with van der Waals surface area (Å²) >= 11 is 0. The maximum absolute atomic E-state index is 13.8. The SMILES string of the molecule is CN1CCN2CCN(C(=O)Nc3cnn(Cc4ccccc4F)c3)CC2C1=O. The molecule has 148 valence electrons. The number of hydrogen-bond donors (Lipinski definition) is 1.